The average Bonchev–Trinajstić information content (AvgIpc) is 3.08. The van der Waals surface area contributed by atoms with Gasteiger partial charge in [0, 0.05) is 22.5 Å². The molecule has 1 aromatic carbocycles. The highest BCUT2D eigenvalue weighted by atomic mass is 32.1. The van der Waals surface area contributed by atoms with Crippen LogP contribution in [0.15, 0.2) is 35.7 Å². The van der Waals surface area contributed by atoms with Crippen LogP contribution in [-0.2, 0) is 16.8 Å². The van der Waals surface area contributed by atoms with E-state index >= 15 is 0 Å². The van der Waals surface area contributed by atoms with Crippen LogP contribution in [0.3, 0.4) is 0 Å². The number of amides is 2. The molecule has 1 aliphatic heterocycles. The van der Waals surface area contributed by atoms with Crippen molar-refractivity contribution in [2.24, 2.45) is 0 Å². The van der Waals surface area contributed by atoms with Gasteiger partial charge < -0.3 is 9.64 Å². The molecule has 0 aliphatic carbocycles. The Morgan fingerprint density at radius 1 is 1.32 bits per heavy atom. The number of hydroxylamine groups is 1. The SMILES string of the molecule is CC(C)(C(=O)N1CCOc2cc(C(=O)NO)ccc2C1)c1cccs1. The highest BCUT2D eigenvalue weighted by Crippen LogP contribution is 2.32. The first kappa shape index (κ1) is 17.4. The third kappa shape index (κ3) is 3.38. The molecule has 2 heterocycles. The van der Waals surface area contributed by atoms with Gasteiger partial charge in [-0.05, 0) is 37.4 Å². The Morgan fingerprint density at radius 2 is 2.12 bits per heavy atom. The van der Waals surface area contributed by atoms with Crippen molar-refractivity contribution in [1.29, 1.82) is 0 Å². The van der Waals surface area contributed by atoms with Crippen LogP contribution in [-0.4, -0.2) is 35.1 Å². The van der Waals surface area contributed by atoms with E-state index in [2.05, 4.69) is 0 Å². The van der Waals surface area contributed by atoms with Crippen LogP contribution in [0, 0.1) is 0 Å². The molecule has 6 nitrogen and oxygen atoms in total. The number of hydrogen-bond donors (Lipinski definition) is 2. The summed E-state index contributed by atoms with van der Waals surface area (Å²) in [6.07, 6.45) is 0. The van der Waals surface area contributed by atoms with Gasteiger partial charge in [-0.1, -0.05) is 12.1 Å². The Morgan fingerprint density at radius 3 is 2.80 bits per heavy atom. The molecule has 0 fully saturated rings. The lowest BCUT2D eigenvalue weighted by Crippen LogP contribution is -2.43. The van der Waals surface area contributed by atoms with Gasteiger partial charge >= 0.3 is 0 Å². The molecule has 25 heavy (non-hydrogen) atoms. The summed E-state index contributed by atoms with van der Waals surface area (Å²) >= 11 is 1.57. The predicted octanol–water partition coefficient (Wildman–Crippen LogP) is 2.57. The van der Waals surface area contributed by atoms with Gasteiger partial charge in [0.05, 0.1) is 12.0 Å². The van der Waals surface area contributed by atoms with Gasteiger partial charge in [-0.15, -0.1) is 11.3 Å². The number of hydrogen-bond acceptors (Lipinski definition) is 5. The molecule has 0 saturated carbocycles. The molecule has 0 radical (unpaired) electrons. The van der Waals surface area contributed by atoms with Crippen molar-refractivity contribution >= 4 is 23.2 Å². The molecule has 2 amide bonds. The van der Waals surface area contributed by atoms with Gasteiger partial charge in [-0.3, -0.25) is 14.8 Å². The van der Waals surface area contributed by atoms with Crippen molar-refractivity contribution in [3.63, 3.8) is 0 Å². The molecule has 1 aromatic heterocycles. The Labute approximate surface area is 150 Å². The third-order valence-corrected chi connectivity index (χ3v) is 5.56. The number of nitrogens with zero attached hydrogens (tertiary/aromatic N) is 1. The van der Waals surface area contributed by atoms with Gasteiger partial charge in [-0.25, -0.2) is 5.48 Å². The van der Waals surface area contributed by atoms with Crippen molar-refractivity contribution in [3.8, 4) is 5.75 Å². The fraction of sp³-hybridized carbons (Fsp3) is 0.333. The lowest BCUT2D eigenvalue weighted by molar-refractivity contribution is -0.136. The lowest BCUT2D eigenvalue weighted by Gasteiger charge is -2.30. The molecule has 1 aliphatic rings. The summed E-state index contributed by atoms with van der Waals surface area (Å²) in [5.41, 5.74) is 2.15. The zero-order chi connectivity index (χ0) is 18.0. The normalized spacial score (nSPS) is 14.3. The van der Waals surface area contributed by atoms with Crippen LogP contribution in [0.1, 0.15) is 34.6 Å². The number of carbonyl (C=O) groups is 2. The summed E-state index contributed by atoms with van der Waals surface area (Å²) in [4.78, 5) is 27.4. The second-order valence-corrected chi connectivity index (χ2v) is 7.39. The maximum Gasteiger partial charge on any atom is 0.274 e. The molecule has 0 spiro atoms. The fourth-order valence-electron chi connectivity index (χ4n) is 2.88. The van der Waals surface area contributed by atoms with Crippen LogP contribution >= 0.6 is 11.3 Å². The lowest BCUT2D eigenvalue weighted by atomic mass is 9.89. The van der Waals surface area contributed by atoms with Crippen molar-refractivity contribution in [2.75, 3.05) is 13.2 Å². The summed E-state index contributed by atoms with van der Waals surface area (Å²) in [6.45, 7) is 5.11. The minimum absolute atomic E-state index is 0.0450. The summed E-state index contributed by atoms with van der Waals surface area (Å²) < 4.78 is 5.71. The van der Waals surface area contributed by atoms with E-state index in [0.29, 0.717) is 31.0 Å². The van der Waals surface area contributed by atoms with E-state index in [-0.39, 0.29) is 5.91 Å². The Hall–Kier alpha value is -2.38. The molecular weight excluding hydrogens is 340 g/mol. The van der Waals surface area contributed by atoms with Crippen LogP contribution in [0.2, 0.25) is 0 Å². The Balaban J connectivity index is 1.84. The highest BCUT2D eigenvalue weighted by Gasteiger charge is 2.35. The van der Waals surface area contributed by atoms with Gasteiger partial charge in [0.15, 0.2) is 0 Å². The fourth-order valence-corrected chi connectivity index (χ4v) is 3.73. The zero-order valence-corrected chi connectivity index (χ0v) is 14.9. The van der Waals surface area contributed by atoms with Crippen LogP contribution in [0.25, 0.3) is 0 Å². The van der Waals surface area contributed by atoms with E-state index in [1.54, 1.807) is 39.9 Å². The molecule has 0 unspecified atom stereocenters. The number of thiophene rings is 1. The van der Waals surface area contributed by atoms with Gasteiger partial charge in [0.25, 0.3) is 5.91 Å². The first-order chi connectivity index (χ1) is 11.9. The summed E-state index contributed by atoms with van der Waals surface area (Å²) in [5.74, 6) is 0.0105. The second-order valence-electron chi connectivity index (χ2n) is 6.44. The van der Waals surface area contributed by atoms with Crippen molar-refractivity contribution in [2.45, 2.75) is 25.8 Å². The van der Waals surface area contributed by atoms with E-state index in [1.807, 2.05) is 31.4 Å². The maximum atomic E-state index is 13.1. The van der Waals surface area contributed by atoms with Crippen LogP contribution in [0.5, 0.6) is 5.75 Å². The quantitative estimate of drug-likeness (QED) is 0.651. The number of fused-ring (bicyclic) bond motifs is 1. The molecule has 0 bridgehead atoms. The van der Waals surface area contributed by atoms with Crippen LogP contribution in [0.4, 0.5) is 0 Å². The molecule has 7 heteroatoms. The number of ether oxygens (including phenoxy) is 1. The van der Waals surface area contributed by atoms with Crippen LogP contribution < -0.4 is 10.2 Å². The maximum absolute atomic E-state index is 13.1. The highest BCUT2D eigenvalue weighted by molar-refractivity contribution is 7.10. The van der Waals surface area contributed by atoms with Gasteiger partial charge in [-0.2, -0.15) is 0 Å². The van der Waals surface area contributed by atoms with Gasteiger partial charge in [0.1, 0.15) is 12.4 Å². The summed E-state index contributed by atoms with van der Waals surface area (Å²) in [5, 5.41) is 10.7. The third-order valence-electron chi connectivity index (χ3n) is 4.37. The molecule has 132 valence electrons. The number of carbonyl (C=O) groups excluding carboxylic acids is 2. The smallest absolute Gasteiger partial charge is 0.274 e. The van der Waals surface area contributed by atoms with Crippen molar-refractivity contribution in [1.82, 2.24) is 10.4 Å². The molecule has 2 aromatic rings. The Kier molecular flexibility index (Phi) is 4.78. The Bertz CT molecular complexity index is 786. The first-order valence-corrected chi connectivity index (χ1v) is 8.85. The average molecular weight is 360 g/mol. The number of rotatable bonds is 3. The van der Waals surface area contributed by atoms with Crippen molar-refractivity contribution < 1.29 is 19.5 Å². The molecule has 0 saturated heterocycles. The van der Waals surface area contributed by atoms with E-state index in [9.17, 15) is 9.59 Å². The monoisotopic (exact) mass is 360 g/mol. The molecular formula is C18H20N2O4S. The topological polar surface area (TPSA) is 78.9 Å². The molecule has 0 atom stereocenters. The molecule has 3 rings (SSSR count). The minimum Gasteiger partial charge on any atom is -0.491 e. The standard InChI is InChI=1S/C18H20N2O4S/c1-18(2,15-4-3-9-25-15)17(22)20-7-8-24-14-10-12(16(21)19-23)5-6-13(14)11-20/h3-6,9-10,23H,7-8,11H2,1-2H3,(H,19,21). The van der Waals surface area contributed by atoms with E-state index in [4.69, 9.17) is 9.94 Å². The van der Waals surface area contributed by atoms with Gasteiger partial charge in [0.2, 0.25) is 5.91 Å². The van der Waals surface area contributed by atoms with E-state index in [0.717, 1.165) is 10.4 Å². The summed E-state index contributed by atoms with van der Waals surface area (Å²) in [7, 11) is 0. The largest absolute Gasteiger partial charge is 0.491 e. The van der Waals surface area contributed by atoms with E-state index in [1.165, 1.54) is 0 Å². The second kappa shape index (κ2) is 6.85. The van der Waals surface area contributed by atoms with Crippen molar-refractivity contribution in [3.05, 3.63) is 51.7 Å². The first-order valence-electron chi connectivity index (χ1n) is 7.97. The summed E-state index contributed by atoms with van der Waals surface area (Å²) in [6, 6.07) is 8.86. The minimum atomic E-state index is -0.602. The number of nitrogens with one attached hydrogen (secondary N) is 1. The zero-order valence-electron chi connectivity index (χ0n) is 14.1. The predicted molar refractivity (Wildman–Crippen MR) is 94.0 cm³/mol. The molecule has 2 N–H and O–H groups in total. The van der Waals surface area contributed by atoms with E-state index < -0.39 is 11.3 Å². The number of benzene rings is 1.